The van der Waals surface area contributed by atoms with Crippen LogP contribution in [0, 0.1) is 0 Å². The fraction of sp³-hybridized carbons (Fsp3) is 0.526. The van der Waals surface area contributed by atoms with Crippen molar-refractivity contribution in [2.45, 2.75) is 32.2 Å². The molecule has 27 heavy (non-hydrogen) atoms. The highest BCUT2D eigenvalue weighted by Crippen LogP contribution is 2.20. The van der Waals surface area contributed by atoms with Gasteiger partial charge in [-0.15, -0.1) is 0 Å². The highest BCUT2D eigenvalue weighted by molar-refractivity contribution is 5.80. The molecule has 0 aliphatic carbocycles. The Morgan fingerprint density at radius 2 is 1.96 bits per heavy atom. The van der Waals surface area contributed by atoms with Crippen LogP contribution in [-0.4, -0.2) is 72.1 Å². The van der Waals surface area contributed by atoms with Gasteiger partial charge in [-0.25, -0.2) is 0 Å². The second-order valence-corrected chi connectivity index (χ2v) is 6.47. The number of ether oxygens (including phenoxy) is 2. The number of likely N-dealkylation sites (tertiary alicyclic amines) is 1. The quantitative estimate of drug-likeness (QED) is 0.770. The number of carbonyl (C=O) groups is 3. The van der Waals surface area contributed by atoms with Crippen LogP contribution < -0.4 is 9.47 Å². The topological polar surface area (TPSA) is 96.4 Å². The van der Waals surface area contributed by atoms with Gasteiger partial charge in [-0.05, 0) is 31.4 Å². The number of hydrogen-bond acceptors (Lipinski definition) is 5. The molecule has 1 fully saturated rings. The largest absolute Gasteiger partial charge is 0.497 e. The molecule has 8 heteroatoms. The van der Waals surface area contributed by atoms with E-state index < -0.39 is 5.97 Å². The number of carboxylic acids is 1. The first-order valence-electron chi connectivity index (χ1n) is 8.94. The van der Waals surface area contributed by atoms with Crippen molar-refractivity contribution >= 4 is 17.8 Å². The summed E-state index contributed by atoms with van der Waals surface area (Å²) in [5, 5.41) is 9.01. The van der Waals surface area contributed by atoms with Crippen LogP contribution in [0.2, 0.25) is 0 Å². The standard InChI is InChI=1S/C19H26N2O6/c1-14(22)21(12-19(24)25)15-5-4-9-20(10-8-15)18(23)13-27-17-7-3-6-16(11-17)26-2/h3,6-7,11,15H,4-5,8-10,12-13H2,1-2H3,(H,24,25). The molecule has 0 aromatic heterocycles. The molecule has 1 unspecified atom stereocenters. The fourth-order valence-corrected chi connectivity index (χ4v) is 3.21. The number of carbonyl (C=O) groups excluding carboxylic acids is 2. The van der Waals surface area contributed by atoms with Crippen LogP contribution in [0.15, 0.2) is 24.3 Å². The molecule has 2 amide bonds. The van der Waals surface area contributed by atoms with Crippen LogP contribution in [0.4, 0.5) is 0 Å². The van der Waals surface area contributed by atoms with Gasteiger partial charge in [0.15, 0.2) is 6.61 Å². The zero-order chi connectivity index (χ0) is 19.8. The maximum atomic E-state index is 12.5. The lowest BCUT2D eigenvalue weighted by Gasteiger charge is -2.28. The Bertz CT molecular complexity index is 678. The molecule has 2 rings (SSSR count). The third-order valence-electron chi connectivity index (χ3n) is 4.60. The summed E-state index contributed by atoms with van der Waals surface area (Å²) in [5.41, 5.74) is 0. The van der Waals surface area contributed by atoms with Gasteiger partial charge in [0.1, 0.15) is 18.0 Å². The van der Waals surface area contributed by atoms with Crippen LogP contribution in [0.3, 0.4) is 0 Å². The minimum Gasteiger partial charge on any atom is -0.497 e. The number of methoxy groups -OCH3 is 1. The summed E-state index contributed by atoms with van der Waals surface area (Å²) < 4.78 is 10.7. The van der Waals surface area contributed by atoms with Crippen molar-refractivity contribution in [3.63, 3.8) is 0 Å². The monoisotopic (exact) mass is 378 g/mol. The number of carboxylic acid groups (broad SMARTS) is 1. The van der Waals surface area contributed by atoms with Gasteiger partial charge in [0.05, 0.1) is 7.11 Å². The van der Waals surface area contributed by atoms with Crippen molar-refractivity contribution in [3.05, 3.63) is 24.3 Å². The summed E-state index contributed by atoms with van der Waals surface area (Å²) in [4.78, 5) is 38.3. The maximum absolute atomic E-state index is 12.5. The molecular formula is C19H26N2O6. The van der Waals surface area contributed by atoms with Gasteiger partial charge < -0.3 is 24.4 Å². The lowest BCUT2D eigenvalue weighted by molar-refractivity contribution is -0.145. The maximum Gasteiger partial charge on any atom is 0.323 e. The summed E-state index contributed by atoms with van der Waals surface area (Å²) in [7, 11) is 1.56. The van der Waals surface area contributed by atoms with E-state index in [0.29, 0.717) is 43.9 Å². The summed E-state index contributed by atoms with van der Waals surface area (Å²) in [6.45, 7) is 2.01. The second-order valence-electron chi connectivity index (χ2n) is 6.47. The van der Waals surface area contributed by atoms with Gasteiger partial charge in [0.2, 0.25) is 5.91 Å². The van der Waals surface area contributed by atoms with E-state index in [9.17, 15) is 14.4 Å². The number of amides is 2. The Hall–Kier alpha value is -2.77. The molecule has 0 saturated carbocycles. The highest BCUT2D eigenvalue weighted by Gasteiger charge is 2.27. The van der Waals surface area contributed by atoms with E-state index in [0.717, 1.165) is 0 Å². The van der Waals surface area contributed by atoms with Crippen molar-refractivity contribution in [3.8, 4) is 11.5 Å². The smallest absolute Gasteiger partial charge is 0.323 e. The SMILES string of the molecule is COc1cccc(OCC(=O)N2CCCC(N(CC(=O)O)C(C)=O)CC2)c1. The number of rotatable bonds is 7. The molecule has 1 aromatic rings. The molecule has 1 N–H and O–H groups in total. The van der Waals surface area contributed by atoms with E-state index in [2.05, 4.69) is 0 Å². The van der Waals surface area contributed by atoms with Crippen molar-refractivity contribution < 1.29 is 29.0 Å². The molecule has 1 aromatic carbocycles. The summed E-state index contributed by atoms with van der Waals surface area (Å²) in [6.07, 6.45) is 1.93. The normalized spacial score (nSPS) is 17.0. The van der Waals surface area contributed by atoms with Crippen molar-refractivity contribution in [2.75, 3.05) is 33.4 Å². The predicted molar refractivity (Wildman–Crippen MR) is 97.7 cm³/mol. The van der Waals surface area contributed by atoms with Crippen LogP contribution in [0.1, 0.15) is 26.2 Å². The third-order valence-corrected chi connectivity index (χ3v) is 4.60. The molecule has 1 aliphatic heterocycles. The van der Waals surface area contributed by atoms with Gasteiger partial charge in [0.25, 0.3) is 5.91 Å². The van der Waals surface area contributed by atoms with Gasteiger partial charge >= 0.3 is 5.97 Å². The minimum atomic E-state index is -1.03. The Morgan fingerprint density at radius 3 is 2.63 bits per heavy atom. The van der Waals surface area contributed by atoms with Crippen molar-refractivity contribution in [1.82, 2.24) is 9.80 Å². The zero-order valence-electron chi connectivity index (χ0n) is 15.7. The first kappa shape index (κ1) is 20.5. The first-order chi connectivity index (χ1) is 12.9. The van der Waals surface area contributed by atoms with E-state index in [1.807, 2.05) is 0 Å². The average Bonchev–Trinajstić information content (AvgIpc) is 2.90. The van der Waals surface area contributed by atoms with E-state index >= 15 is 0 Å². The number of aliphatic carboxylic acids is 1. The molecule has 1 aliphatic rings. The Morgan fingerprint density at radius 1 is 1.22 bits per heavy atom. The molecule has 1 atom stereocenters. The van der Waals surface area contributed by atoms with Crippen LogP contribution in [0.25, 0.3) is 0 Å². The lowest BCUT2D eigenvalue weighted by Crippen LogP contribution is -2.43. The zero-order valence-corrected chi connectivity index (χ0v) is 15.7. The first-order valence-corrected chi connectivity index (χ1v) is 8.94. The van der Waals surface area contributed by atoms with Crippen LogP contribution in [0.5, 0.6) is 11.5 Å². The van der Waals surface area contributed by atoms with E-state index in [1.165, 1.54) is 11.8 Å². The summed E-state index contributed by atoms with van der Waals surface area (Å²) in [6, 6.07) is 6.87. The van der Waals surface area contributed by atoms with Gasteiger partial charge in [-0.3, -0.25) is 14.4 Å². The Balaban J connectivity index is 1.89. The molecule has 1 saturated heterocycles. The van der Waals surface area contributed by atoms with Crippen molar-refractivity contribution in [1.29, 1.82) is 0 Å². The predicted octanol–water partition coefficient (Wildman–Crippen LogP) is 1.39. The van der Waals surface area contributed by atoms with E-state index in [1.54, 1.807) is 36.3 Å². The fourth-order valence-electron chi connectivity index (χ4n) is 3.21. The molecule has 8 nitrogen and oxygen atoms in total. The third kappa shape index (κ3) is 6.16. The number of benzene rings is 1. The van der Waals surface area contributed by atoms with Gasteiger partial charge in [0, 0.05) is 32.1 Å². The van der Waals surface area contributed by atoms with Crippen LogP contribution in [-0.2, 0) is 14.4 Å². The van der Waals surface area contributed by atoms with E-state index in [4.69, 9.17) is 14.6 Å². The van der Waals surface area contributed by atoms with Crippen LogP contribution >= 0.6 is 0 Å². The molecule has 1 heterocycles. The molecular weight excluding hydrogens is 352 g/mol. The Kier molecular flexibility index (Phi) is 7.45. The molecule has 0 bridgehead atoms. The molecule has 148 valence electrons. The Labute approximate surface area is 158 Å². The minimum absolute atomic E-state index is 0.0800. The van der Waals surface area contributed by atoms with Gasteiger partial charge in [-0.2, -0.15) is 0 Å². The second kappa shape index (κ2) is 9.80. The average molecular weight is 378 g/mol. The number of nitrogens with zero attached hydrogens (tertiary/aromatic N) is 2. The summed E-state index contributed by atoms with van der Waals surface area (Å²) in [5.74, 6) is -0.219. The highest BCUT2D eigenvalue weighted by atomic mass is 16.5. The van der Waals surface area contributed by atoms with Gasteiger partial charge in [-0.1, -0.05) is 6.07 Å². The lowest BCUT2D eigenvalue weighted by atomic mass is 10.1. The molecule has 0 spiro atoms. The summed E-state index contributed by atoms with van der Waals surface area (Å²) >= 11 is 0. The molecule has 0 radical (unpaired) electrons. The van der Waals surface area contributed by atoms with Crippen molar-refractivity contribution in [2.24, 2.45) is 0 Å². The number of hydrogen-bond donors (Lipinski definition) is 1. The van der Waals surface area contributed by atoms with E-state index in [-0.39, 0.29) is 31.0 Å².